The van der Waals surface area contributed by atoms with Crippen LogP contribution in [0, 0.1) is 0 Å². The molecule has 2 heterocycles. The number of hydrogen-bond donors (Lipinski definition) is 1. The van der Waals surface area contributed by atoms with Gasteiger partial charge >= 0.3 is 6.09 Å². The molecule has 21 heavy (non-hydrogen) atoms. The van der Waals surface area contributed by atoms with Gasteiger partial charge in [-0.25, -0.2) is 4.79 Å². The predicted molar refractivity (Wildman–Crippen MR) is 75.8 cm³/mol. The van der Waals surface area contributed by atoms with E-state index in [0.29, 0.717) is 24.7 Å². The quantitative estimate of drug-likeness (QED) is 0.939. The Morgan fingerprint density at radius 3 is 2.86 bits per heavy atom. The van der Waals surface area contributed by atoms with Crippen LogP contribution < -0.4 is 0 Å². The highest BCUT2D eigenvalue weighted by molar-refractivity contribution is 5.65. The third kappa shape index (κ3) is 3.04. The van der Waals surface area contributed by atoms with Gasteiger partial charge in [-0.05, 0) is 31.4 Å². The molecule has 1 aromatic carbocycles. The van der Waals surface area contributed by atoms with Crippen molar-refractivity contribution in [1.82, 2.24) is 15.1 Å². The number of nitrogens with zero attached hydrogens (tertiary/aromatic N) is 3. The Bertz CT molecular complexity index is 612. The summed E-state index contributed by atoms with van der Waals surface area (Å²) in [6.07, 6.45) is 2.40. The third-order valence-electron chi connectivity index (χ3n) is 3.77. The van der Waals surface area contributed by atoms with Gasteiger partial charge in [0, 0.05) is 24.6 Å². The van der Waals surface area contributed by atoms with Crippen molar-refractivity contribution in [2.75, 3.05) is 6.54 Å². The lowest BCUT2D eigenvalue weighted by molar-refractivity contribution is 0.104. The first-order valence-corrected chi connectivity index (χ1v) is 7.11. The van der Waals surface area contributed by atoms with Crippen molar-refractivity contribution in [3.05, 3.63) is 36.2 Å². The number of rotatable bonds is 3. The first kappa shape index (κ1) is 13.6. The number of amides is 1. The molecule has 1 atom stereocenters. The Balaban J connectivity index is 1.73. The fourth-order valence-corrected chi connectivity index (χ4v) is 2.70. The van der Waals surface area contributed by atoms with E-state index in [-0.39, 0.29) is 6.04 Å². The van der Waals surface area contributed by atoms with Crippen LogP contribution in [0.25, 0.3) is 11.5 Å². The zero-order valence-electron chi connectivity index (χ0n) is 11.6. The molecule has 0 spiro atoms. The molecule has 1 fully saturated rings. The van der Waals surface area contributed by atoms with Gasteiger partial charge in [-0.15, -0.1) is 10.2 Å². The summed E-state index contributed by atoms with van der Waals surface area (Å²) in [6.45, 7) is 0.583. The normalized spacial score (nSPS) is 18.7. The maximum Gasteiger partial charge on any atom is 0.407 e. The lowest BCUT2D eigenvalue weighted by Gasteiger charge is -2.32. The van der Waals surface area contributed by atoms with Crippen molar-refractivity contribution in [3.63, 3.8) is 0 Å². The molecule has 2 aromatic rings. The van der Waals surface area contributed by atoms with E-state index >= 15 is 0 Å². The Morgan fingerprint density at radius 2 is 2.10 bits per heavy atom. The molecule has 1 aromatic heterocycles. The molecule has 0 radical (unpaired) electrons. The van der Waals surface area contributed by atoms with Crippen LogP contribution in [0.1, 0.15) is 25.2 Å². The summed E-state index contributed by atoms with van der Waals surface area (Å²) in [5.74, 6) is 0.968. The molecule has 0 bridgehead atoms. The van der Waals surface area contributed by atoms with E-state index in [0.717, 1.165) is 24.8 Å². The monoisotopic (exact) mass is 287 g/mol. The van der Waals surface area contributed by atoms with Crippen LogP contribution in [0.4, 0.5) is 4.79 Å². The van der Waals surface area contributed by atoms with Gasteiger partial charge in [-0.3, -0.25) is 0 Å². The summed E-state index contributed by atoms with van der Waals surface area (Å²) >= 11 is 0. The van der Waals surface area contributed by atoms with Crippen molar-refractivity contribution < 1.29 is 14.3 Å². The zero-order chi connectivity index (χ0) is 14.7. The Morgan fingerprint density at radius 1 is 1.29 bits per heavy atom. The standard InChI is InChI=1S/C15H17N3O3/c19-15(20)18-9-5-4-8-12(18)10-13-16-17-14(21-13)11-6-2-1-3-7-11/h1-3,6-7,12H,4-5,8-10H2,(H,19,20)/t12-/m0/s1. The van der Waals surface area contributed by atoms with Gasteiger partial charge in [0.15, 0.2) is 0 Å². The molecule has 110 valence electrons. The molecule has 3 rings (SSSR count). The van der Waals surface area contributed by atoms with Gasteiger partial charge in [-0.2, -0.15) is 0 Å². The number of aromatic nitrogens is 2. The molecule has 6 heteroatoms. The molecule has 1 amide bonds. The zero-order valence-corrected chi connectivity index (χ0v) is 11.6. The molecule has 0 unspecified atom stereocenters. The Kier molecular flexibility index (Phi) is 3.85. The first-order valence-electron chi connectivity index (χ1n) is 7.11. The third-order valence-corrected chi connectivity index (χ3v) is 3.77. The second kappa shape index (κ2) is 5.95. The lowest BCUT2D eigenvalue weighted by atomic mass is 10.00. The summed E-state index contributed by atoms with van der Waals surface area (Å²) in [6, 6.07) is 9.48. The number of likely N-dealkylation sites (tertiary alicyclic amines) is 1. The van der Waals surface area contributed by atoms with Gasteiger partial charge in [0.05, 0.1) is 0 Å². The van der Waals surface area contributed by atoms with Gasteiger partial charge in [0.1, 0.15) is 0 Å². The fraction of sp³-hybridized carbons (Fsp3) is 0.400. The minimum atomic E-state index is -0.873. The maximum atomic E-state index is 11.2. The average molecular weight is 287 g/mol. The number of hydrogen-bond acceptors (Lipinski definition) is 4. The van der Waals surface area contributed by atoms with Crippen molar-refractivity contribution in [1.29, 1.82) is 0 Å². The van der Waals surface area contributed by atoms with E-state index in [2.05, 4.69) is 10.2 Å². The van der Waals surface area contributed by atoms with E-state index < -0.39 is 6.09 Å². The average Bonchev–Trinajstić information content (AvgIpc) is 2.97. The molecule has 0 aliphatic carbocycles. The second-order valence-electron chi connectivity index (χ2n) is 5.20. The summed E-state index contributed by atoms with van der Waals surface area (Å²) in [5, 5.41) is 17.3. The SMILES string of the molecule is O=C(O)N1CCCC[C@H]1Cc1nnc(-c2ccccc2)o1. The van der Waals surface area contributed by atoms with Crippen LogP contribution >= 0.6 is 0 Å². The minimum absolute atomic E-state index is 0.0691. The van der Waals surface area contributed by atoms with Crippen molar-refractivity contribution in [2.45, 2.75) is 31.7 Å². The van der Waals surface area contributed by atoms with Crippen molar-refractivity contribution >= 4 is 6.09 Å². The van der Waals surface area contributed by atoms with E-state index in [1.165, 1.54) is 4.90 Å². The van der Waals surface area contributed by atoms with Gasteiger partial charge in [0.2, 0.25) is 11.8 Å². The van der Waals surface area contributed by atoms with E-state index in [1.54, 1.807) is 0 Å². The number of benzene rings is 1. The lowest BCUT2D eigenvalue weighted by Crippen LogP contribution is -2.44. The molecule has 0 saturated carbocycles. The van der Waals surface area contributed by atoms with Crippen LogP contribution in [-0.2, 0) is 6.42 Å². The largest absolute Gasteiger partial charge is 0.465 e. The van der Waals surface area contributed by atoms with Gasteiger partial charge < -0.3 is 14.4 Å². The molecular weight excluding hydrogens is 270 g/mol. The number of piperidine rings is 1. The summed E-state index contributed by atoms with van der Waals surface area (Å²) < 4.78 is 5.66. The highest BCUT2D eigenvalue weighted by atomic mass is 16.4. The van der Waals surface area contributed by atoms with Crippen LogP contribution in [0.15, 0.2) is 34.7 Å². The number of carboxylic acid groups (broad SMARTS) is 1. The van der Waals surface area contributed by atoms with Gasteiger partial charge in [0.25, 0.3) is 0 Å². The van der Waals surface area contributed by atoms with E-state index in [4.69, 9.17) is 4.42 Å². The topological polar surface area (TPSA) is 79.5 Å². The van der Waals surface area contributed by atoms with E-state index in [1.807, 2.05) is 30.3 Å². The molecule has 1 aliphatic rings. The smallest absolute Gasteiger partial charge is 0.407 e. The molecular formula is C15H17N3O3. The highest BCUT2D eigenvalue weighted by Crippen LogP contribution is 2.22. The Hall–Kier alpha value is -2.37. The van der Waals surface area contributed by atoms with Crippen LogP contribution in [0.3, 0.4) is 0 Å². The Labute approximate surface area is 122 Å². The van der Waals surface area contributed by atoms with Gasteiger partial charge in [-0.1, -0.05) is 18.2 Å². The van der Waals surface area contributed by atoms with Crippen molar-refractivity contribution in [2.24, 2.45) is 0 Å². The molecule has 1 N–H and O–H groups in total. The second-order valence-corrected chi connectivity index (χ2v) is 5.20. The summed E-state index contributed by atoms with van der Waals surface area (Å²) in [7, 11) is 0. The van der Waals surface area contributed by atoms with Crippen molar-refractivity contribution in [3.8, 4) is 11.5 Å². The van der Waals surface area contributed by atoms with Crippen LogP contribution in [0.2, 0.25) is 0 Å². The molecule has 1 aliphatic heterocycles. The highest BCUT2D eigenvalue weighted by Gasteiger charge is 2.28. The summed E-state index contributed by atoms with van der Waals surface area (Å²) in [4.78, 5) is 12.7. The molecule has 1 saturated heterocycles. The summed E-state index contributed by atoms with van der Waals surface area (Å²) in [5.41, 5.74) is 0.870. The minimum Gasteiger partial charge on any atom is -0.465 e. The maximum absolute atomic E-state index is 11.2. The molecule has 6 nitrogen and oxygen atoms in total. The van der Waals surface area contributed by atoms with Crippen LogP contribution in [0.5, 0.6) is 0 Å². The van der Waals surface area contributed by atoms with E-state index in [9.17, 15) is 9.90 Å². The predicted octanol–water partition coefficient (Wildman–Crippen LogP) is 2.81. The van der Waals surface area contributed by atoms with Crippen LogP contribution in [-0.4, -0.2) is 38.9 Å². The first-order chi connectivity index (χ1) is 10.2. The number of carbonyl (C=O) groups is 1. The fourth-order valence-electron chi connectivity index (χ4n) is 2.70.